The van der Waals surface area contributed by atoms with E-state index in [1.165, 1.54) is 28.4 Å². The topological polar surface area (TPSA) is 12.5 Å². The zero-order valence-corrected chi connectivity index (χ0v) is 10.6. The van der Waals surface area contributed by atoms with E-state index in [9.17, 15) is 0 Å². The zero-order chi connectivity index (χ0) is 10.7. The van der Waals surface area contributed by atoms with Gasteiger partial charge in [0, 0.05) is 18.1 Å². The van der Waals surface area contributed by atoms with Crippen molar-refractivity contribution in [2.24, 2.45) is 0 Å². The van der Waals surface area contributed by atoms with Gasteiger partial charge in [0.15, 0.2) is 0 Å². The minimum Gasteiger partial charge on any atom is -0.427 e. The molecule has 1 aliphatic heterocycles. The highest BCUT2D eigenvalue weighted by Gasteiger charge is 2.16. The van der Waals surface area contributed by atoms with E-state index >= 15 is 0 Å². The quantitative estimate of drug-likeness (QED) is 0.761. The van der Waals surface area contributed by atoms with Crippen LogP contribution in [0.5, 0.6) is 0 Å². The molecule has 1 heterocycles. The van der Waals surface area contributed by atoms with E-state index in [4.69, 9.17) is 4.65 Å². The average molecular weight is 268 g/mol. The van der Waals surface area contributed by atoms with E-state index in [0.717, 1.165) is 20.7 Å². The third-order valence-corrected chi connectivity index (χ3v) is 3.57. The van der Waals surface area contributed by atoms with Gasteiger partial charge < -0.3 is 9.47 Å². The Labute approximate surface area is 100 Å². The van der Waals surface area contributed by atoms with E-state index in [1.54, 1.807) is 7.11 Å². The predicted molar refractivity (Wildman–Crippen MR) is 67.0 cm³/mol. The molecule has 0 fully saturated rings. The second-order valence-corrected chi connectivity index (χ2v) is 4.81. The molecule has 0 amide bonds. The first-order valence-electron chi connectivity index (χ1n) is 5.29. The summed E-state index contributed by atoms with van der Waals surface area (Å²) in [5, 5.41) is 0. The van der Waals surface area contributed by atoms with Crippen LogP contribution in [0.25, 0.3) is 0 Å². The standard InChI is InChI=1S/C11H15BBrNO/c1-15-12-14-7-3-5-9-4-2-6-11(13)10(9)8-14/h2,4,6,12H,3,5,7-8H2,1H3. The molecule has 0 atom stereocenters. The van der Waals surface area contributed by atoms with Crippen molar-refractivity contribution in [1.29, 1.82) is 0 Å². The summed E-state index contributed by atoms with van der Waals surface area (Å²) in [6.07, 6.45) is 2.39. The first kappa shape index (κ1) is 11.2. The second-order valence-electron chi connectivity index (χ2n) is 3.95. The Hall–Kier alpha value is -0.315. The molecule has 1 aromatic rings. The summed E-state index contributed by atoms with van der Waals surface area (Å²) in [4.78, 5) is 2.34. The van der Waals surface area contributed by atoms with Gasteiger partial charge in [0.25, 0.3) is 0 Å². The van der Waals surface area contributed by atoms with Crippen molar-refractivity contribution in [1.82, 2.24) is 4.81 Å². The lowest BCUT2D eigenvalue weighted by Gasteiger charge is -2.18. The van der Waals surface area contributed by atoms with Gasteiger partial charge in [-0.25, -0.2) is 0 Å². The predicted octanol–water partition coefficient (Wildman–Crippen LogP) is 2.11. The lowest BCUT2D eigenvalue weighted by atomic mass is 10.0. The van der Waals surface area contributed by atoms with Crippen LogP contribution in [0.4, 0.5) is 0 Å². The highest BCUT2D eigenvalue weighted by molar-refractivity contribution is 9.10. The maximum Gasteiger partial charge on any atom is 0.363 e. The molecule has 2 nitrogen and oxygen atoms in total. The number of rotatable bonds is 2. The van der Waals surface area contributed by atoms with Crippen LogP contribution in [-0.4, -0.2) is 26.1 Å². The molecule has 0 radical (unpaired) electrons. The minimum absolute atomic E-state index is 0.723. The van der Waals surface area contributed by atoms with Crippen LogP contribution in [0.2, 0.25) is 0 Å². The number of hydrogen-bond donors (Lipinski definition) is 0. The van der Waals surface area contributed by atoms with Crippen LogP contribution in [0.1, 0.15) is 17.5 Å². The van der Waals surface area contributed by atoms with Crippen LogP contribution in [-0.2, 0) is 17.6 Å². The molecule has 2 rings (SSSR count). The summed E-state index contributed by atoms with van der Waals surface area (Å²) in [5.74, 6) is 0. The summed E-state index contributed by atoms with van der Waals surface area (Å²) >= 11 is 3.63. The van der Waals surface area contributed by atoms with Crippen LogP contribution >= 0.6 is 15.9 Å². The van der Waals surface area contributed by atoms with Gasteiger partial charge in [-0.05, 0) is 36.6 Å². The fourth-order valence-electron chi connectivity index (χ4n) is 2.10. The third-order valence-electron chi connectivity index (χ3n) is 2.83. The normalized spacial score (nSPS) is 16.9. The summed E-state index contributed by atoms with van der Waals surface area (Å²) in [5.41, 5.74) is 2.90. The average Bonchev–Trinajstić information content (AvgIpc) is 2.42. The highest BCUT2D eigenvalue weighted by Crippen LogP contribution is 2.25. The third kappa shape index (κ3) is 2.62. The van der Waals surface area contributed by atoms with Gasteiger partial charge in [0.2, 0.25) is 0 Å². The molecule has 80 valence electrons. The smallest absolute Gasteiger partial charge is 0.363 e. The van der Waals surface area contributed by atoms with Crippen molar-refractivity contribution in [3.05, 3.63) is 33.8 Å². The Morgan fingerprint density at radius 3 is 3.13 bits per heavy atom. The van der Waals surface area contributed by atoms with E-state index in [-0.39, 0.29) is 0 Å². The molecule has 0 bridgehead atoms. The Kier molecular flexibility index (Phi) is 3.84. The fraction of sp³-hybridized carbons (Fsp3) is 0.455. The van der Waals surface area contributed by atoms with Crippen molar-refractivity contribution in [2.75, 3.05) is 13.7 Å². The molecule has 15 heavy (non-hydrogen) atoms. The first-order valence-corrected chi connectivity index (χ1v) is 6.08. The van der Waals surface area contributed by atoms with Gasteiger partial charge in [-0.2, -0.15) is 0 Å². The summed E-state index contributed by atoms with van der Waals surface area (Å²) in [6.45, 7) is 2.11. The van der Waals surface area contributed by atoms with Crippen molar-refractivity contribution in [3.63, 3.8) is 0 Å². The molecule has 0 unspecified atom stereocenters. The minimum atomic E-state index is 0.723. The number of halogens is 1. The van der Waals surface area contributed by atoms with Gasteiger partial charge in [-0.15, -0.1) is 0 Å². The summed E-state index contributed by atoms with van der Waals surface area (Å²) < 4.78 is 6.43. The maximum absolute atomic E-state index is 5.20. The Morgan fingerprint density at radius 1 is 1.47 bits per heavy atom. The van der Waals surface area contributed by atoms with Crippen molar-refractivity contribution < 1.29 is 4.65 Å². The molecule has 0 aliphatic carbocycles. The van der Waals surface area contributed by atoms with Crippen LogP contribution < -0.4 is 0 Å². The lowest BCUT2D eigenvalue weighted by molar-refractivity contribution is 0.335. The molecular weight excluding hydrogens is 253 g/mol. The Morgan fingerprint density at radius 2 is 2.33 bits per heavy atom. The van der Waals surface area contributed by atoms with Crippen LogP contribution in [0, 0.1) is 0 Å². The number of hydrogen-bond acceptors (Lipinski definition) is 2. The fourth-order valence-corrected chi connectivity index (χ4v) is 2.64. The van der Waals surface area contributed by atoms with Crippen molar-refractivity contribution in [3.8, 4) is 0 Å². The van der Waals surface area contributed by atoms with Gasteiger partial charge in [0.1, 0.15) is 0 Å². The molecule has 1 aliphatic rings. The Bertz CT molecular complexity index is 345. The van der Waals surface area contributed by atoms with E-state index in [2.05, 4.69) is 38.9 Å². The van der Waals surface area contributed by atoms with E-state index in [1.807, 2.05) is 0 Å². The number of nitrogens with zero attached hydrogens (tertiary/aromatic N) is 1. The van der Waals surface area contributed by atoms with Gasteiger partial charge in [0.05, 0.1) is 0 Å². The maximum atomic E-state index is 5.20. The lowest BCUT2D eigenvalue weighted by Crippen LogP contribution is -2.28. The molecule has 0 aromatic heterocycles. The number of fused-ring (bicyclic) bond motifs is 1. The molecule has 1 aromatic carbocycles. The SMILES string of the molecule is COBN1CCCc2cccc(Br)c2C1. The zero-order valence-electron chi connectivity index (χ0n) is 9.00. The van der Waals surface area contributed by atoms with E-state index in [0.29, 0.717) is 0 Å². The summed E-state index contributed by atoms with van der Waals surface area (Å²) in [6, 6.07) is 6.47. The largest absolute Gasteiger partial charge is 0.427 e. The van der Waals surface area contributed by atoms with Gasteiger partial charge in [-0.3, -0.25) is 0 Å². The monoisotopic (exact) mass is 267 g/mol. The van der Waals surface area contributed by atoms with Crippen molar-refractivity contribution >= 4 is 23.5 Å². The number of benzene rings is 1. The second kappa shape index (κ2) is 5.15. The summed E-state index contributed by atoms with van der Waals surface area (Å²) in [7, 11) is 2.48. The van der Waals surface area contributed by atoms with Gasteiger partial charge in [-0.1, -0.05) is 28.1 Å². The molecule has 0 spiro atoms. The molecule has 0 saturated heterocycles. The first-order chi connectivity index (χ1) is 7.31. The molecule has 4 heteroatoms. The van der Waals surface area contributed by atoms with Crippen LogP contribution in [0.15, 0.2) is 22.7 Å². The number of aryl methyl sites for hydroxylation is 1. The molecule has 0 N–H and O–H groups in total. The van der Waals surface area contributed by atoms with Gasteiger partial charge >= 0.3 is 7.62 Å². The Balaban J connectivity index is 2.23. The van der Waals surface area contributed by atoms with Crippen molar-refractivity contribution in [2.45, 2.75) is 19.4 Å². The van der Waals surface area contributed by atoms with E-state index < -0.39 is 0 Å². The molecular formula is C11H15BBrNO. The molecule has 0 saturated carbocycles. The van der Waals surface area contributed by atoms with Crippen LogP contribution in [0.3, 0.4) is 0 Å². The highest BCUT2D eigenvalue weighted by atomic mass is 79.9.